The molecule has 0 aliphatic rings. The molecule has 2 heterocycles. The van der Waals surface area contributed by atoms with E-state index in [1.54, 1.807) is 18.7 Å². The Kier molecular flexibility index (Phi) is 3.24. The molecule has 0 aromatic carbocycles. The third-order valence-electron chi connectivity index (χ3n) is 2.37. The number of ether oxygens (including phenoxy) is 1. The third-order valence-corrected chi connectivity index (χ3v) is 2.37. The standard InChI is InChI=1S/C11H16N4O/c1-3-4-15-7-11(6-13-15)16-8-10-5-12-9-14(10)2/h5-7,9H,3-4,8H2,1-2H3. The van der Waals surface area contributed by atoms with Crippen molar-refractivity contribution in [2.24, 2.45) is 7.05 Å². The Labute approximate surface area is 94.7 Å². The molecule has 5 nitrogen and oxygen atoms in total. The minimum Gasteiger partial charge on any atom is -0.484 e. The Balaban J connectivity index is 1.92. The molecule has 0 unspecified atom stereocenters. The minimum atomic E-state index is 0.522. The van der Waals surface area contributed by atoms with Crippen molar-refractivity contribution in [3.8, 4) is 5.75 Å². The monoisotopic (exact) mass is 220 g/mol. The van der Waals surface area contributed by atoms with Gasteiger partial charge in [-0.1, -0.05) is 6.92 Å². The highest BCUT2D eigenvalue weighted by Gasteiger charge is 2.02. The summed E-state index contributed by atoms with van der Waals surface area (Å²) in [4.78, 5) is 4.03. The first-order chi connectivity index (χ1) is 7.79. The van der Waals surface area contributed by atoms with Gasteiger partial charge in [-0.15, -0.1) is 0 Å². The van der Waals surface area contributed by atoms with E-state index in [1.807, 2.05) is 22.5 Å². The van der Waals surface area contributed by atoms with Crippen molar-refractivity contribution in [1.29, 1.82) is 0 Å². The van der Waals surface area contributed by atoms with Gasteiger partial charge in [0.2, 0.25) is 0 Å². The zero-order chi connectivity index (χ0) is 11.4. The van der Waals surface area contributed by atoms with E-state index in [2.05, 4.69) is 17.0 Å². The molecular weight excluding hydrogens is 204 g/mol. The van der Waals surface area contributed by atoms with E-state index in [1.165, 1.54) is 0 Å². The second kappa shape index (κ2) is 4.83. The van der Waals surface area contributed by atoms with Crippen molar-refractivity contribution in [3.63, 3.8) is 0 Å². The second-order valence-corrected chi connectivity index (χ2v) is 3.72. The van der Waals surface area contributed by atoms with Crippen molar-refractivity contribution >= 4 is 0 Å². The van der Waals surface area contributed by atoms with Crippen LogP contribution in [0.4, 0.5) is 0 Å². The molecule has 0 fully saturated rings. The van der Waals surface area contributed by atoms with Crippen molar-refractivity contribution in [2.45, 2.75) is 26.5 Å². The van der Waals surface area contributed by atoms with E-state index in [0.717, 1.165) is 24.4 Å². The molecule has 0 spiro atoms. The molecule has 0 bridgehead atoms. The molecule has 16 heavy (non-hydrogen) atoms. The summed E-state index contributed by atoms with van der Waals surface area (Å²) >= 11 is 0. The second-order valence-electron chi connectivity index (χ2n) is 3.72. The Morgan fingerprint density at radius 2 is 2.25 bits per heavy atom. The van der Waals surface area contributed by atoms with Crippen LogP contribution in [0.15, 0.2) is 24.9 Å². The van der Waals surface area contributed by atoms with Gasteiger partial charge in [-0.3, -0.25) is 4.68 Å². The fraction of sp³-hybridized carbons (Fsp3) is 0.455. The Morgan fingerprint density at radius 1 is 1.38 bits per heavy atom. The third kappa shape index (κ3) is 2.42. The molecule has 0 aliphatic heterocycles. The highest BCUT2D eigenvalue weighted by molar-refractivity contribution is 5.12. The van der Waals surface area contributed by atoms with E-state index in [-0.39, 0.29) is 0 Å². The summed E-state index contributed by atoms with van der Waals surface area (Å²) in [5, 5.41) is 4.20. The predicted octanol–water partition coefficient (Wildman–Crippen LogP) is 1.61. The van der Waals surface area contributed by atoms with Crippen molar-refractivity contribution in [3.05, 3.63) is 30.6 Å². The first-order valence-corrected chi connectivity index (χ1v) is 5.40. The lowest BCUT2D eigenvalue weighted by atomic mass is 10.5. The molecule has 0 N–H and O–H groups in total. The highest BCUT2D eigenvalue weighted by Crippen LogP contribution is 2.11. The van der Waals surface area contributed by atoms with Gasteiger partial charge in [0.05, 0.1) is 30.6 Å². The topological polar surface area (TPSA) is 44.9 Å². The first kappa shape index (κ1) is 10.7. The van der Waals surface area contributed by atoms with Gasteiger partial charge < -0.3 is 9.30 Å². The largest absolute Gasteiger partial charge is 0.484 e. The zero-order valence-corrected chi connectivity index (χ0v) is 9.63. The summed E-state index contributed by atoms with van der Waals surface area (Å²) in [7, 11) is 1.95. The number of hydrogen-bond donors (Lipinski definition) is 0. The molecular formula is C11H16N4O. The Morgan fingerprint density at radius 3 is 2.94 bits per heavy atom. The Hall–Kier alpha value is -1.78. The minimum absolute atomic E-state index is 0.522. The van der Waals surface area contributed by atoms with Gasteiger partial charge in [0, 0.05) is 13.6 Å². The summed E-state index contributed by atoms with van der Waals surface area (Å²) in [5.41, 5.74) is 1.04. The molecule has 0 radical (unpaired) electrons. The van der Waals surface area contributed by atoms with Crippen LogP contribution in [0.2, 0.25) is 0 Å². The molecule has 2 aromatic heterocycles. The maximum atomic E-state index is 5.61. The van der Waals surface area contributed by atoms with Gasteiger partial charge >= 0.3 is 0 Å². The number of aryl methyl sites for hydroxylation is 2. The van der Waals surface area contributed by atoms with E-state index < -0.39 is 0 Å². The molecule has 86 valence electrons. The van der Waals surface area contributed by atoms with Crippen LogP contribution in [0.25, 0.3) is 0 Å². The average Bonchev–Trinajstić information content (AvgIpc) is 2.86. The zero-order valence-electron chi connectivity index (χ0n) is 9.63. The lowest BCUT2D eigenvalue weighted by Crippen LogP contribution is -2.00. The molecule has 0 saturated heterocycles. The van der Waals surface area contributed by atoms with Crippen molar-refractivity contribution < 1.29 is 4.74 Å². The molecule has 2 aromatic rings. The van der Waals surface area contributed by atoms with Gasteiger partial charge in [0.1, 0.15) is 6.61 Å². The van der Waals surface area contributed by atoms with Crippen LogP contribution < -0.4 is 4.74 Å². The number of imidazole rings is 1. The number of rotatable bonds is 5. The van der Waals surface area contributed by atoms with Crippen molar-refractivity contribution in [1.82, 2.24) is 19.3 Å². The summed E-state index contributed by atoms with van der Waals surface area (Å²) < 4.78 is 9.44. The van der Waals surface area contributed by atoms with Gasteiger partial charge in [0.15, 0.2) is 5.75 Å². The van der Waals surface area contributed by atoms with Crippen LogP contribution in [0.5, 0.6) is 5.75 Å². The van der Waals surface area contributed by atoms with Gasteiger partial charge in [-0.25, -0.2) is 4.98 Å². The van der Waals surface area contributed by atoms with Crippen molar-refractivity contribution in [2.75, 3.05) is 0 Å². The summed E-state index contributed by atoms with van der Waals surface area (Å²) in [6.45, 7) is 3.57. The molecule has 0 amide bonds. The fourth-order valence-corrected chi connectivity index (χ4v) is 1.45. The SMILES string of the molecule is CCCn1cc(OCc2cncn2C)cn1. The quantitative estimate of drug-likeness (QED) is 0.769. The lowest BCUT2D eigenvalue weighted by Gasteiger charge is -2.03. The van der Waals surface area contributed by atoms with Crippen LogP contribution in [0.1, 0.15) is 19.0 Å². The molecule has 5 heteroatoms. The number of aromatic nitrogens is 4. The van der Waals surface area contributed by atoms with Crippen LogP contribution >= 0.6 is 0 Å². The van der Waals surface area contributed by atoms with E-state index in [9.17, 15) is 0 Å². The van der Waals surface area contributed by atoms with E-state index >= 15 is 0 Å². The highest BCUT2D eigenvalue weighted by atomic mass is 16.5. The van der Waals surface area contributed by atoms with Crippen LogP contribution in [0.3, 0.4) is 0 Å². The van der Waals surface area contributed by atoms with E-state index in [0.29, 0.717) is 6.61 Å². The van der Waals surface area contributed by atoms with Crippen LogP contribution in [-0.4, -0.2) is 19.3 Å². The normalized spacial score (nSPS) is 10.6. The summed E-state index contributed by atoms with van der Waals surface area (Å²) in [6, 6.07) is 0. The fourth-order valence-electron chi connectivity index (χ4n) is 1.45. The molecule has 0 aliphatic carbocycles. The van der Waals surface area contributed by atoms with E-state index in [4.69, 9.17) is 4.74 Å². The predicted molar refractivity (Wildman–Crippen MR) is 60.1 cm³/mol. The Bertz CT molecular complexity index is 446. The smallest absolute Gasteiger partial charge is 0.157 e. The lowest BCUT2D eigenvalue weighted by molar-refractivity contribution is 0.296. The van der Waals surface area contributed by atoms with Gasteiger partial charge in [-0.2, -0.15) is 5.10 Å². The summed E-state index contributed by atoms with van der Waals surface area (Å²) in [6.07, 6.45) is 8.30. The number of nitrogens with zero attached hydrogens (tertiary/aromatic N) is 4. The molecule has 0 atom stereocenters. The van der Waals surface area contributed by atoms with Crippen LogP contribution in [-0.2, 0) is 20.2 Å². The van der Waals surface area contributed by atoms with Crippen LogP contribution in [0, 0.1) is 0 Å². The summed E-state index contributed by atoms with van der Waals surface area (Å²) in [5.74, 6) is 0.801. The number of hydrogen-bond acceptors (Lipinski definition) is 3. The van der Waals surface area contributed by atoms with Gasteiger partial charge in [0.25, 0.3) is 0 Å². The maximum Gasteiger partial charge on any atom is 0.157 e. The maximum absolute atomic E-state index is 5.61. The first-order valence-electron chi connectivity index (χ1n) is 5.40. The molecule has 0 saturated carbocycles. The van der Waals surface area contributed by atoms with Gasteiger partial charge in [-0.05, 0) is 6.42 Å². The molecule has 2 rings (SSSR count). The average molecular weight is 220 g/mol.